The van der Waals surface area contributed by atoms with Gasteiger partial charge in [-0.3, -0.25) is 9.69 Å². The number of carbonyl (C=O) groups excluding carboxylic acids is 1. The van der Waals surface area contributed by atoms with Crippen LogP contribution in [0.5, 0.6) is 0 Å². The predicted molar refractivity (Wildman–Crippen MR) is 104 cm³/mol. The molecule has 2 aliphatic heterocycles. The number of carbonyl (C=O) groups is 1. The topological polar surface area (TPSA) is 70.2 Å². The van der Waals surface area contributed by atoms with E-state index in [1.165, 1.54) is 16.4 Å². The van der Waals surface area contributed by atoms with Crippen LogP contribution in [0.25, 0.3) is 0 Å². The third kappa shape index (κ3) is 5.30. The van der Waals surface area contributed by atoms with Crippen molar-refractivity contribution in [2.75, 3.05) is 45.8 Å². The Bertz CT molecular complexity index is 818. The van der Waals surface area contributed by atoms with Crippen LogP contribution in [0.15, 0.2) is 29.2 Å². The molecule has 1 aromatic carbocycles. The molecule has 2 unspecified atom stereocenters. The summed E-state index contributed by atoms with van der Waals surface area (Å²) in [5.74, 6) is -0.289. The summed E-state index contributed by atoms with van der Waals surface area (Å²) in [6.07, 6.45) is -2.81. The van der Waals surface area contributed by atoms with Gasteiger partial charge in [-0.2, -0.15) is 4.31 Å². The highest BCUT2D eigenvalue weighted by molar-refractivity contribution is 7.89. The summed E-state index contributed by atoms with van der Waals surface area (Å²) in [5, 5.41) is 0. The summed E-state index contributed by atoms with van der Waals surface area (Å²) in [6.45, 7) is 5.29. The molecule has 3 rings (SSSR count). The first kappa shape index (κ1) is 22.1. The number of sulfonamides is 1. The van der Waals surface area contributed by atoms with E-state index in [-0.39, 0.29) is 48.2 Å². The molecular formula is C19H27F2N3O4S. The minimum atomic E-state index is -3.75. The highest BCUT2D eigenvalue weighted by Gasteiger charge is 2.33. The normalized spacial score (nSPS) is 24.8. The highest BCUT2D eigenvalue weighted by Crippen LogP contribution is 2.22. The van der Waals surface area contributed by atoms with Crippen molar-refractivity contribution in [1.82, 2.24) is 14.1 Å². The van der Waals surface area contributed by atoms with Crippen LogP contribution < -0.4 is 0 Å². The van der Waals surface area contributed by atoms with Crippen LogP contribution in [0.3, 0.4) is 0 Å². The second-order valence-corrected chi connectivity index (χ2v) is 9.53. The van der Waals surface area contributed by atoms with Crippen molar-refractivity contribution < 1.29 is 26.7 Å². The van der Waals surface area contributed by atoms with Crippen molar-refractivity contribution in [2.24, 2.45) is 0 Å². The van der Waals surface area contributed by atoms with Crippen molar-refractivity contribution in [3.05, 3.63) is 29.8 Å². The molecular weight excluding hydrogens is 404 g/mol. The summed E-state index contributed by atoms with van der Waals surface area (Å²) in [7, 11) is -3.75. The second-order valence-electron chi connectivity index (χ2n) is 7.59. The van der Waals surface area contributed by atoms with Gasteiger partial charge in [0.2, 0.25) is 10.0 Å². The van der Waals surface area contributed by atoms with Gasteiger partial charge in [0.05, 0.1) is 23.6 Å². The van der Waals surface area contributed by atoms with Crippen LogP contribution in [-0.2, 0) is 14.8 Å². The number of benzene rings is 1. The molecule has 162 valence electrons. The number of amides is 1. The average molecular weight is 432 g/mol. The fourth-order valence-electron chi connectivity index (χ4n) is 3.78. The fourth-order valence-corrected chi connectivity index (χ4v) is 5.41. The Morgan fingerprint density at radius 1 is 1.14 bits per heavy atom. The van der Waals surface area contributed by atoms with Crippen LogP contribution >= 0.6 is 0 Å². The minimum Gasteiger partial charge on any atom is -0.373 e. The van der Waals surface area contributed by atoms with E-state index in [0.29, 0.717) is 26.2 Å². The van der Waals surface area contributed by atoms with Gasteiger partial charge in [-0.1, -0.05) is 6.07 Å². The molecule has 0 saturated carbocycles. The third-order valence-corrected chi connectivity index (χ3v) is 6.99. The summed E-state index contributed by atoms with van der Waals surface area (Å²) in [5.41, 5.74) is 0.280. The molecule has 2 atom stereocenters. The first-order valence-corrected chi connectivity index (χ1v) is 11.2. The zero-order chi connectivity index (χ0) is 21.2. The molecule has 29 heavy (non-hydrogen) atoms. The number of alkyl halides is 2. The smallest absolute Gasteiger partial charge is 0.253 e. The maximum atomic E-state index is 13.0. The number of rotatable bonds is 5. The van der Waals surface area contributed by atoms with Crippen molar-refractivity contribution >= 4 is 15.9 Å². The number of ether oxygens (including phenoxy) is 1. The number of morpholine rings is 1. The lowest BCUT2D eigenvalue weighted by Gasteiger charge is -2.35. The lowest BCUT2D eigenvalue weighted by atomic mass is 10.2. The SMILES string of the molecule is CC1CN(S(=O)(=O)c2cccc(C(=O)N3CCN(CC(F)F)CC3)c2)CC(C)O1. The Labute approximate surface area is 170 Å². The van der Waals surface area contributed by atoms with Crippen LogP contribution in [-0.4, -0.2) is 92.9 Å². The molecule has 2 saturated heterocycles. The molecule has 0 N–H and O–H groups in total. The maximum Gasteiger partial charge on any atom is 0.253 e. The zero-order valence-electron chi connectivity index (χ0n) is 16.6. The lowest BCUT2D eigenvalue weighted by Crippen LogP contribution is -2.49. The average Bonchev–Trinajstić information content (AvgIpc) is 2.67. The summed E-state index contributed by atoms with van der Waals surface area (Å²) < 4.78 is 58.1. The molecule has 0 bridgehead atoms. The molecule has 2 heterocycles. The number of hydrogen-bond acceptors (Lipinski definition) is 5. The van der Waals surface area contributed by atoms with E-state index >= 15 is 0 Å². The first-order valence-electron chi connectivity index (χ1n) is 9.72. The summed E-state index contributed by atoms with van der Waals surface area (Å²) in [4.78, 5) is 16.1. The maximum absolute atomic E-state index is 13.0. The quantitative estimate of drug-likeness (QED) is 0.707. The van der Waals surface area contributed by atoms with Gasteiger partial charge in [0.15, 0.2) is 0 Å². The minimum absolute atomic E-state index is 0.0704. The molecule has 0 aromatic heterocycles. The van der Waals surface area contributed by atoms with E-state index in [1.54, 1.807) is 21.9 Å². The molecule has 2 aliphatic rings. The van der Waals surface area contributed by atoms with Crippen LogP contribution in [0.4, 0.5) is 8.78 Å². The van der Waals surface area contributed by atoms with Gasteiger partial charge in [0.25, 0.3) is 12.3 Å². The lowest BCUT2D eigenvalue weighted by molar-refractivity contribution is -0.0440. The van der Waals surface area contributed by atoms with Crippen LogP contribution in [0.1, 0.15) is 24.2 Å². The van der Waals surface area contributed by atoms with E-state index < -0.39 is 16.4 Å². The van der Waals surface area contributed by atoms with E-state index in [0.717, 1.165) is 0 Å². The Balaban J connectivity index is 1.71. The standard InChI is InChI=1S/C19H27F2N3O4S/c1-14-11-24(12-15(2)28-14)29(26,27)17-5-3-4-16(10-17)19(25)23-8-6-22(7-9-23)13-18(20)21/h3-5,10,14-15,18H,6-9,11-13H2,1-2H3. The van der Waals surface area contributed by atoms with E-state index in [1.807, 2.05) is 13.8 Å². The van der Waals surface area contributed by atoms with Gasteiger partial charge in [0, 0.05) is 44.8 Å². The van der Waals surface area contributed by atoms with Crippen molar-refractivity contribution in [3.8, 4) is 0 Å². The highest BCUT2D eigenvalue weighted by atomic mass is 32.2. The van der Waals surface area contributed by atoms with E-state index in [4.69, 9.17) is 4.74 Å². The van der Waals surface area contributed by atoms with Crippen molar-refractivity contribution in [1.29, 1.82) is 0 Å². The zero-order valence-corrected chi connectivity index (χ0v) is 17.4. The fraction of sp³-hybridized carbons (Fsp3) is 0.632. The monoisotopic (exact) mass is 431 g/mol. The number of nitrogens with zero attached hydrogens (tertiary/aromatic N) is 3. The van der Waals surface area contributed by atoms with Gasteiger partial charge in [-0.25, -0.2) is 17.2 Å². The van der Waals surface area contributed by atoms with Gasteiger partial charge in [-0.15, -0.1) is 0 Å². The van der Waals surface area contributed by atoms with Crippen LogP contribution in [0, 0.1) is 0 Å². The largest absolute Gasteiger partial charge is 0.373 e. The van der Waals surface area contributed by atoms with Gasteiger partial charge < -0.3 is 9.64 Å². The summed E-state index contributed by atoms with van der Waals surface area (Å²) >= 11 is 0. The molecule has 7 nitrogen and oxygen atoms in total. The Morgan fingerprint density at radius 3 is 2.34 bits per heavy atom. The molecule has 1 amide bonds. The second kappa shape index (κ2) is 9.03. The third-order valence-electron chi connectivity index (χ3n) is 5.16. The van der Waals surface area contributed by atoms with Crippen molar-refractivity contribution in [2.45, 2.75) is 37.4 Å². The molecule has 10 heteroatoms. The van der Waals surface area contributed by atoms with Gasteiger partial charge >= 0.3 is 0 Å². The Hall–Kier alpha value is -1.62. The molecule has 0 aliphatic carbocycles. The van der Waals surface area contributed by atoms with Gasteiger partial charge in [-0.05, 0) is 32.0 Å². The molecule has 0 radical (unpaired) electrons. The molecule has 0 spiro atoms. The molecule has 1 aromatic rings. The van der Waals surface area contributed by atoms with Crippen LogP contribution in [0.2, 0.25) is 0 Å². The first-order chi connectivity index (χ1) is 13.7. The Morgan fingerprint density at radius 2 is 1.76 bits per heavy atom. The summed E-state index contributed by atoms with van der Waals surface area (Å²) in [6, 6.07) is 6.02. The Kier molecular flexibility index (Phi) is 6.87. The number of halogens is 2. The number of piperazine rings is 1. The van der Waals surface area contributed by atoms with E-state index in [9.17, 15) is 22.0 Å². The number of hydrogen-bond donors (Lipinski definition) is 0. The van der Waals surface area contributed by atoms with E-state index in [2.05, 4.69) is 0 Å². The van der Waals surface area contributed by atoms with Gasteiger partial charge in [0.1, 0.15) is 0 Å². The van der Waals surface area contributed by atoms with Crippen molar-refractivity contribution in [3.63, 3.8) is 0 Å². The predicted octanol–water partition coefficient (Wildman–Crippen LogP) is 1.51. The molecule has 2 fully saturated rings.